The quantitative estimate of drug-likeness (QED) is 0.410. The molecule has 2 aromatic heterocycles. The van der Waals surface area contributed by atoms with Crippen LogP contribution in [0, 0.1) is 0 Å². The number of hydrogen-bond donors (Lipinski definition) is 1. The fourth-order valence-corrected chi connectivity index (χ4v) is 3.22. The van der Waals surface area contributed by atoms with Gasteiger partial charge in [-0.3, -0.25) is 0 Å². The minimum Gasteiger partial charge on any atom is -0.461 e. The normalized spacial score (nSPS) is 11.6. The van der Waals surface area contributed by atoms with Crippen LogP contribution < -0.4 is 0 Å². The molecule has 2 aromatic carbocycles. The molecule has 2 heterocycles. The molecule has 0 saturated heterocycles. The van der Waals surface area contributed by atoms with E-state index in [0.717, 1.165) is 34.1 Å². The average molecular weight is 366 g/mol. The second-order valence-electron chi connectivity index (χ2n) is 6.53. The van der Waals surface area contributed by atoms with Crippen LogP contribution in [0.1, 0.15) is 25.0 Å². The monoisotopic (exact) mass is 366 g/mol. The molecule has 0 radical (unpaired) electrons. The Hall–Kier alpha value is -3.59. The van der Waals surface area contributed by atoms with E-state index < -0.39 is 0 Å². The summed E-state index contributed by atoms with van der Waals surface area (Å²) in [7, 11) is 0. The van der Waals surface area contributed by atoms with Crippen LogP contribution in [-0.2, 0) is 0 Å². The molecule has 0 aliphatic heterocycles. The molecule has 0 aliphatic carbocycles. The smallest absolute Gasteiger partial charge is 0.174 e. The van der Waals surface area contributed by atoms with E-state index in [1.54, 1.807) is 6.26 Å². The highest BCUT2D eigenvalue weighted by molar-refractivity contribution is 5.81. The van der Waals surface area contributed by atoms with Gasteiger partial charge in [-0.2, -0.15) is 0 Å². The summed E-state index contributed by atoms with van der Waals surface area (Å²) in [5.41, 5.74) is 6.40. The van der Waals surface area contributed by atoms with Crippen LogP contribution in [0.5, 0.6) is 0 Å². The minimum atomic E-state index is 0.726. The summed E-state index contributed by atoms with van der Waals surface area (Å²) in [4.78, 5) is 8.31. The number of H-pyrrole nitrogens is 1. The highest BCUT2D eigenvalue weighted by atomic mass is 16.3. The fraction of sp³-hybridized carbons (Fsp3) is 0.0800. The lowest BCUT2D eigenvalue weighted by Crippen LogP contribution is -1.85. The topological polar surface area (TPSA) is 41.8 Å². The van der Waals surface area contributed by atoms with Crippen molar-refractivity contribution in [2.45, 2.75) is 13.8 Å². The number of rotatable bonds is 5. The summed E-state index contributed by atoms with van der Waals surface area (Å²) in [6.07, 6.45) is 9.92. The van der Waals surface area contributed by atoms with Gasteiger partial charge >= 0.3 is 0 Å². The van der Waals surface area contributed by atoms with Crippen molar-refractivity contribution in [3.05, 3.63) is 90.2 Å². The van der Waals surface area contributed by atoms with Crippen molar-refractivity contribution in [1.29, 1.82) is 0 Å². The summed E-state index contributed by atoms with van der Waals surface area (Å²) in [6, 6.07) is 20.7. The molecule has 0 atom stereocenters. The molecule has 138 valence electrons. The number of allylic oxidation sites excluding steroid dienone is 2. The van der Waals surface area contributed by atoms with Crippen LogP contribution in [0.4, 0.5) is 0 Å². The number of imidazole rings is 1. The zero-order valence-electron chi connectivity index (χ0n) is 16.0. The molecular weight excluding hydrogens is 344 g/mol. The van der Waals surface area contributed by atoms with E-state index in [2.05, 4.69) is 65.7 Å². The van der Waals surface area contributed by atoms with E-state index in [4.69, 9.17) is 9.40 Å². The Morgan fingerprint density at radius 2 is 1.39 bits per heavy atom. The summed E-state index contributed by atoms with van der Waals surface area (Å²) in [5.74, 6) is 1.45. The van der Waals surface area contributed by atoms with Gasteiger partial charge in [-0.15, -0.1) is 0 Å². The maximum Gasteiger partial charge on any atom is 0.174 e. The van der Waals surface area contributed by atoms with E-state index in [1.165, 1.54) is 11.1 Å². The molecule has 0 amide bonds. The van der Waals surface area contributed by atoms with Gasteiger partial charge < -0.3 is 9.40 Å². The summed E-state index contributed by atoms with van der Waals surface area (Å²) in [5, 5.41) is 0. The molecule has 0 bridgehead atoms. The van der Waals surface area contributed by atoms with Gasteiger partial charge in [0.2, 0.25) is 0 Å². The SMILES string of the molecule is C/C=C/c1ccc(-c2nc(-c3ccco3)[nH]c2-c2ccc(/C=C/C)cc2)cc1. The number of nitrogens with zero attached hydrogens (tertiary/aromatic N) is 1. The third-order valence-electron chi connectivity index (χ3n) is 4.56. The van der Waals surface area contributed by atoms with E-state index in [0.29, 0.717) is 0 Å². The Morgan fingerprint density at radius 3 is 1.93 bits per heavy atom. The first-order valence-corrected chi connectivity index (χ1v) is 9.38. The zero-order valence-corrected chi connectivity index (χ0v) is 16.0. The predicted octanol–water partition coefficient (Wildman–Crippen LogP) is 7.07. The number of aromatic nitrogens is 2. The van der Waals surface area contributed by atoms with Crippen LogP contribution >= 0.6 is 0 Å². The van der Waals surface area contributed by atoms with Crippen molar-refractivity contribution in [3.63, 3.8) is 0 Å². The van der Waals surface area contributed by atoms with Gasteiger partial charge in [-0.1, -0.05) is 72.8 Å². The third-order valence-corrected chi connectivity index (χ3v) is 4.56. The highest BCUT2D eigenvalue weighted by Gasteiger charge is 2.16. The van der Waals surface area contributed by atoms with Crippen LogP contribution in [0.2, 0.25) is 0 Å². The van der Waals surface area contributed by atoms with Crippen LogP contribution in [0.3, 0.4) is 0 Å². The molecule has 28 heavy (non-hydrogen) atoms. The Balaban J connectivity index is 1.81. The number of hydrogen-bond acceptors (Lipinski definition) is 2. The maximum atomic E-state index is 5.55. The molecule has 0 spiro atoms. The number of furan rings is 1. The van der Waals surface area contributed by atoms with E-state index in [-0.39, 0.29) is 0 Å². The second kappa shape index (κ2) is 7.97. The van der Waals surface area contributed by atoms with Gasteiger partial charge in [0.1, 0.15) is 0 Å². The van der Waals surface area contributed by atoms with Crippen LogP contribution in [0.15, 0.2) is 83.5 Å². The lowest BCUT2D eigenvalue weighted by atomic mass is 10.0. The lowest BCUT2D eigenvalue weighted by Gasteiger charge is -2.05. The molecule has 3 heteroatoms. The standard InChI is InChI=1S/C25H22N2O/c1-3-6-18-9-13-20(14-10-18)23-24(21-15-11-19(7-4-2)12-16-21)27-25(26-23)22-8-5-17-28-22/h3-17H,1-2H3,(H,26,27)/b6-3+,7-4+. The molecular formula is C25H22N2O. The molecule has 1 N–H and O–H groups in total. The fourth-order valence-electron chi connectivity index (χ4n) is 3.22. The Morgan fingerprint density at radius 1 is 0.786 bits per heavy atom. The van der Waals surface area contributed by atoms with Gasteiger partial charge in [0.15, 0.2) is 11.6 Å². The average Bonchev–Trinajstić information content (AvgIpc) is 3.40. The van der Waals surface area contributed by atoms with Crippen LogP contribution in [0.25, 0.3) is 46.3 Å². The summed E-state index contributed by atoms with van der Waals surface area (Å²) >= 11 is 0. The van der Waals surface area contributed by atoms with Crippen molar-refractivity contribution in [2.75, 3.05) is 0 Å². The van der Waals surface area contributed by atoms with E-state index >= 15 is 0 Å². The van der Waals surface area contributed by atoms with Crippen molar-refractivity contribution in [3.8, 4) is 34.1 Å². The van der Waals surface area contributed by atoms with E-state index in [1.807, 2.05) is 38.1 Å². The molecule has 0 fully saturated rings. The van der Waals surface area contributed by atoms with Gasteiger partial charge in [-0.05, 0) is 37.1 Å². The van der Waals surface area contributed by atoms with Gasteiger partial charge in [-0.25, -0.2) is 4.98 Å². The first kappa shape index (κ1) is 17.8. The Kier molecular flexibility index (Phi) is 5.07. The molecule has 0 saturated carbocycles. The Labute approximate surface area is 165 Å². The van der Waals surface area contributed by atoms with Crippen molar-refractivity contribution >= 4 is 12.2 Å². The number of aromatic amines is 1. The highest BCUT2D eigenvalue weighted by Crippen LogP contribution is 2.33. The van der Waals surface area contributed by atoms with Crippen LogP contribution in [-0.4, -0.2) is 9.97 Å². The molecule has 0 aliphatic rings. The third kappa shape index (κ3) is 3.60. The largest absolute Gasteiger partial charge is 0.461 e. The van der Waals surface area contributed by atoms with Crippen molar-refractivity contribution < 1.29 is 4.42 Å². The molecule has 4 rings (SSSR count). The first-order valence-electron chi connectivity index (χ1n) is 9.38. The Bertz CT molecular complexity index is 1020. The van der Waals surface area contributed by atoms with Crippen molar-refractivity contribution in [2.24, 2.45) is 0 Å². The summed E-state index contributed by atoms with van der Waals surface area (Å²) < 4.78 is 5.55. The lowest BCUT2D eigenvalue weighted by molar-refractivity contribution is 0.578. The van der Waals surface area contributed by atoms with Gasteiger partial charge in [0.05, 0.1) is 17.7 Å². The van der Waals surface area contributed by atoms with Gasteiger partial charge in [0, 0.05) is 11.1 Å². The first-order chi connectivity index (χ1) is 13.8. The minimum absolute atomic E-state index is 0.726. The zero-order chi connectivity index (χ0) is 19.3. The molecule has 0 unspecified atom stereocenters. The molecule has 4 aromatic rings. The predicted molar refractivity (Wildman–Crippen MR) is 117 cm³/mol. The van der Waals surface area contributed by atoms with Crippen molar-refractivity contribution in [1.82, 2.24) is 9.97 Å². The number of benzene rings is 2. The maximum absolute atomic E-state index is 5.55. The summed E-state index contributed by atoms with van der Waals surface area (Å²) in [6.45, 7) is 4.04. The molecule has 3 nitrogen and oxygen atoms in total. The van der Waals surface area contributed by atoms with Gasteiger partial charge in [0.25, 0.3) is 0 Å². The van der Waals surface area contributed by atoms with E-state index in [9.17, 15) is 0 Å². The number of nitrogens with one attached hydrogen (secondary N) is 1. The second-order valence-corrected chi connectivity index (χ2v) is 6.53.